The summed E-state index contributed by atoms with van der Waals surface area (Å²) in [6.07, 6.45) is 0.821. The maximum absolute atomic E-state index is 12.0. The van der Waals surface area contributed by atoms with Crippen LogP contribution < -0.4 is 4.74 Å². The van der Waals surface area contributed by atoms with Crippen LogP contribution in [0.2, 0.25) is 5.02 Å². The highest BCUT2D eigenvalue weighted by Gasteiger charge is 2.14. The number of thiophene rings is 1. The molecule has 2 nitrogen and oxygen atoms in total. The van der Waals surface area contributed by atoms with Crippen molar-refractivity contribution in [3.63, 3.8) is 0 Å². The highest BCUT2D eigenvalue weighted by molar-refractivity contribution is 7.07. The number of carbonyl (C=O) groups is 1. The van der Waals surface area contributed by atoms with Crippen LogP contribution in [0.15, 0.2) is 41.1 Å². The van der Waals surface area contributed by atoms with E-state index in [4.69, 9.17) is 16.3 Å². The molecule has 1 atom stereocenters. The first kappa shape index (κ1) is 14.1. The second-order valence-electron chi connectivity index (χ2n) is 4.32. The van der Waals surface area contributed by atoms with Crippen molar-refractivity contribution in [2.24, 2.45) is 0 Å². The molecule has 0 fully saturated rings. The van der Waals surface area contributed by atoms with E-state index in [0.29, 0.717) is 17.2 Å². The molecule has 1 aromatic carbocycles. The Hall–Kier alpha value is -1.32. The molecule has 0 spiro atoms. The van der Waals surface area contributed by atoms with Gasteiger partial charge in [0.05, 0.1) is 0 Å². The first-order valence-electron chi connectivity index (χ1n) is 6.11. The summed E-state index contributed by atoms with van der Waals surface area (Å²) in [5.41, 5.74) is 1.20. The zero-order chi connectivity index (χ0) is 13.7. The third-order valence-corrected chi connectivity index (χ3v) is 3.77. The van der Waals surface area contributed by atoms with E-state index >= 15 is 0 Å². The smallest absolute Gasteiger partial charge is 0.173 e. The molecule has 2 aromatic rings. The Labute approximate surface area is 122 Å². The van der Waals surface area contributed by atoms with Crippen molar-refractivity contribution in [3.8, 4) is 5.75 Å². The van der Waals surface area contributed by atoms with Crippen molar-refractivity contribution in [2.45, 2.75) is 25.9 Å². The maximum Gasteiger partial charge on any atom is 0.173 e. The number of carbonyl (C=O) groups excluding carboxylic acids is 1. The van der Waals surface area contributed by atoms with Gasteiger partial charge in [-0.25, -0.2) is 0 Å². The van der Waals surface area contributed by atoms with E-state index in [-0.39, 0.29) is 5.78 Å². The molecular formula is C15H15ClO2S. The minimum Gasteiger partial charge on any atom is -0.483 e. The maximum atomic E-state index is 12.0. The van der Waals surface area contributed by atoms with E-state index in [1.165, 1.54) is 5.56 Å². The second kappa shape index (κ2) is 6.73. The van der Waals surface area contributed by atoms with E-state index in [0.717, 1.165) is 6.42 Å². The zero-order valence-electron chi connectivity index (χ0n) is 10.6. The summed E-state index contributed by atoms with van der Waals surface area (Å²) < 4.78 is 5.60. The van der Waals surface area contributed by atoms with Crippen LogP contribution in [0.4, 0.5) is 0 Å². The van der Waals surface area contributed by atoms with Gasteiger partial charge in [0.1, 0.15) is 5.75 Å². The number of halogens is 1. The molecule has 0 saturated heterocycles. The van der Waals surface area contributed by atoms with Gasteiger partial charge in [-0.1, -0.05) is 17.7 Å². The molecule has 0 aliphatic heterocycles. The molecule has 0 radical (unpaired) electrons. The van der Waals surface area contributed by atoms with Gasteiger partial charge in [-0.3, -0.25) is 4.79 Å². The van der Waals surface area contributed by atoms with E-state index in [1.54, 1.807) is 42.5 Å². The molecule has 1 heterocycles. The van der Waals surface area contributed by atoms with Crippen molar-refractivity contribution in [2.75, 3.05) is 0 Å². The Morgan fingerprint density at radius 3 is 2.95 bits per heavy atom. The van der Waals surface area contributed by atoms with Crippen molar-refractivity contribution in [3.05, 3.63) is 51.7 Å². The Balaban J connectivity index is 1.85. The van der Waals surface area contributed by atoms with Crippen LogP contribution in [0, 0.1) is 0 Å². The zero-order valence-corrected chi connectivity index (χ0v) is 12.2. The number of ether oxygens (including phenoxy) is 1. The molecule has 0 aliphatic rings. The van der Waals surface area contributed by atoms with Gasteiger partial charge < -0.3 is 4.74 Å². The van der Waals surface area contributed by atoms with Crippen molar-refractivity contribution < 1.29 is 9.53 Å². The van der Waals surface area contributed by atoms with E-state index in [1.807, 2.05) is 11.4 Å². The predicted molar refractivity (Wildman–Crippen MR) is 79.2 cm³/mol. The van der Waals surface area contributed by atoms with Gasteiger partial charge in [-0.2, -0.15) is 11.3 Å². The molecule has 4 heteroatoms. The Morgan fingerprint density at radius 2 is 2.26 bits per heavy atom. The SMILES string of the molecule is CC(Oc1cccc(Cl)c1)C(=O)CCc1ccsc1. The first-order valence-corrected chi connectivity index (χ1v) is 7.43. The second-order valence-corrected chi connectivity index (χ2v) is 5.53. The molecule has 0 saturated carbocycles. The number of rotatable bonds is 6. The molecule has 100 valence electrons. The molecule has 0 N–H and O–H groups in total. The average molecular weight is 295 g/mol. The molecule has 19 heavy (non-hydrogen) atoms. The number of hydrogen-bond donors (Lipinski definition) is 0. The lowest BCUT2D eigenvalue weighted by molar-refractivity contribution is -0.125. The molecule has 0 aliphatic carbocycles. The fourth-order valence-corrected chi connectivity index (χ4v) is 2.60. The number of hydrogen-bond acceptors (Lipinski definition) is 3. The van der Waals surface area contributed by atoms with Crippen molar-refractivity contribution in [1.29, 1.82) is 0 Å². The average Bonchev–Trinajstić information content (AvgIpc) is 2.89. The van der Waals surface area contributed by atoms with Gasteiger partial charge in [-0.15, -0.1) is 0 Å². The van der Waals surface area contributed by atoms with Crippen molar-refractivity contribution >= 4 is 28.7 Å². The Bertz CT molecular complexity index is 537. The third kappa shape index (κ3) is 4.37. The topological polar surface area (TPSA) is 26.3 Å². The minimum atomic E-state index is -0.447. The van der Waals surface area contributed by atoms with Crippen LogP contribution in [0.1, 0.15) is 18.9 Å². The normalized spacial score (nSPS) is 12.1. The summed E-state index contributed by atoms with van der Waals surface area (Å²) >= 11 is 7.52. The molecule has 0 amide bonds. The van der Waals surface area contributed by atoms with Crippen LogP contribution in [0.3, 0.4) is 0 Å². The Morgan fingerprint density at radius 1 is 1.42 bits per heavy atom. The molecular weight excluding hydrogens is 280 g/mol. The van der Waals surface area contributed by atoms with Crippen LogP contribution in [-0.2, 0) is 11.2 Å². The summed E-state index contributed by atoms with van der Waals surface area (Å²) in [4.78, 5) is 12.0. The van der Waals surface area contributed by atoms with Gasteiger partial charge in [0.2, 0.25) is 0 Å². The standard InChI is InChI=1S/C15H15ClO2S/c1-11(18-14-4-2-3-13(16)9-14)15(17)6-5-12-7-8-19-10-12/h2-4,7-11H,5-6H2,1H3. The van der Waals surface area contributed by atoms with Crippen LogP contribution in [0.25, 0.3) is 0 Å². The van der Waals surface area contributed by atoms with Crippen LogP contribution in [-0.4, -0.2) is 11.9 Å². The summed E-state index contributed by atoms with van der Waals surface area (Å²) in [7, 11) is 0. The lowest BCUT2D eigenvalue weighted by atomic mass is 10.1. The Kier molecular flexibility index (Phi) is 5.00. The van der Waals surface area contributed by atoms with E-state index < -0.39 is 6.10 Å². The van der Waals surface area contributed by atoms with Gasteiger partial charge in [0.15, 0.2) is 11.9 Å². The van der Waals surface area contributed by atoms with Gasteiger partial charge in [0, 0.05) is 11.4 Å². The number of ketones is 1. The van der Waals surface area contributed by atoms with Crippen molar-refractivity contribution in [1.82, 2.24) is 0 Å². The summed E-state index contributed by atoms with van der Waals surface area (Å²) in [5, 5.41) is 4.69. The van der Waals surface area contributed by atoms with Crippen LogP contribution >= 0.6 is 22.9 Å². The van der Waals surface area contributed by atoms with E-state index in [9.17, 15) is 4.79 Å². The van der Waals surface area contributed by atoms with Gasteiger partial charge in [-0.05, 0) is 53.9 Å². The first-order chi connectivity index (χ1) is 9.15. The summed E-state index contributed by atoms with van der Waals surface area (Å²) in [6.45, 7) is 1.77. The monoisotopic (exact) mass is 294 g/mol. The predicted octanol–water partition coefficient (Wildman–Crippen LogP) is 4.37. The molecule has 0 bridgehead atoms. The molecule has 1 unspecified atom stereocenters. The highest BCUT2D eigenvalue weighted by atomic mass is 35.5. The molecule has 1 aromatic heterocycles. The number of benzene rings is 1. The quantitative estimate of drug-likeness (QED) is 0.791. The van der Waals surface area contributed by atoms with Gasteiger partial charge in [0.25, 0.3) is 0 Å². The number of Topliss-reactive ketones (excluding diaryl/α,β-unsaturated/α-hetero) is 1. The van der Waals surface area contributed by atoms with Gasteiger partial charge >= 0.3 is 0 Å². The lowest BCUT2D eigenvalue weighted by Gasteiger charge is -2.13. The van der Waals surface area contributed by atoms with Crippen LogP contribution in [0.5, 0.6) is 5.75 Å². The third-order valence-electron chi connectivity index (χ3n) is 2.80. The fraction of sp³-hybridized carbons (Fsp3) is 0.267. The summed E-state index contributed by atoms with van der Waals surface area (Å²) in [6, 6.07) is 9.14. The van der Waals surface area contributed by atoms with E-state index in [2.05, 4.69) is 5.38 Å². The highest BCUT2D eigenvalue weighted by Crippen LogP contribution is 2.19. The molecule has 2 rings (SSSR count). The summed E-state index contributed by atoms with van der Waals surface area (Å²) in [5.74, 6) is 0.732. The minimum absolute atomic E-state index is 0.103. The fourth-order valence-electron chi connectivity index (χ4n) is 1.72. The lowest BCUT2D eigenvalue weighted by Crippen LogP contribution is -2.24. The number of aryl methyl sites for hydroxylation is 1. The largest absolute Gasteiger partial charge is 0.483 e.